The van der Waals surface area contributed by atoms with E-state index in [-0.39, 0.29) is 5.82 Å². The van der Waals surface area contributed by atoms with E-state index in [1.807, 2.05) is 19.0 Å². The number of anilines is 1. The summed E-state index contributed by atoms with van der Waals surface area (Å²) in [6.45, 7) is 8.27. The van der Waals surface area contributed by atoms with Crippen molar-refractivity contribution in [1.29, 1.82) is 0 Å². The fourth-order valence-electron chi connectivity index (χ4n) is 2.26. The van der Waals surface area contributed by atoms with Gasteiger partial charge in [0.2, 0.25) is 0 Å². The van der Waals surface area contributed by atoms with Gasteiger partial charge in [-0.1, -0.05) is 26.0 Å². The van der Waals surface area contributed by atoms with E-state index in [0.717, 1.165) is 19.6 Å². The van der Waals surface area contributed by atoms with Gasteiger partial charge in [0.05, 0.1) is 11.8 Å². The summed E-state index contributed by atoms with van der Waals surface area (Å²) in [7, 11) is 4.01. The summed E-state index contributed by atoms with van der Waals surface area (Å²) < 4.78 is 14.3. The van der Waals surface area contributed by atoms with Crippen LogP contribution >= 0.6 is 0 Å². The topological polar surface area (TPSA) is 26.7 Å². The Morgan fingerprint density at radius 3 is 2.30 bits per heavy atom. The van der Waals surface area contributed by atoms with Gasteiger partial charge in [-0.2, -0.15) is 0 Å². The van der Waals surface area contributed by atoms with Gasteiger partial charge >= 0.3 is 0 Å². The maximum Gasteiger partial charge on any atom is 0.146 e. The minimum atomic E-state index is -0.672. The van der Waals surface area contributed by atoms with E-state index >= 15 is 0 Å². The van der Waals surface area contributed by atoms with Crippen molar-refractivity contribution in [2.24, 2.45) is 5.92 Å². The molecule has 0 heterocycles. The van der Waals surface area contributed by atoms with Crippen molar-refractivity contribution in [3.05, 3.63) is 29.6 Å². The fourth-order valence-corrected chi connectivity index (χ4v) is 2.26. The normalized spacial score (nSPS) is 13.1. The molecule has 4 heteroatoms. The Labute approximate surface area is 122 Å². The van der Waals surface area contributed by atoms with Crippen LogP contribution in [0.1, 0.15) is 32.4 Å². The average Bonchev–Trinajstić information content (AvgIpc) is 2.33. The lowest BCUT2D eigenvalue weighted by Gasteiger charge is -2.31. The number of nitrogens with zero attached hydrogens (tertiary/aromatic N) is 2. The standard InChI is InChI=1S/C16H27FN2O/c1-12(2)11-19(10-9-18(4)5)16-14(13(3)20)7-6-8-15(16)17/h6-8,12-13,20H,9-11H2,1-5H3/t13-/m0/s1. The number of hydrogen-bond donors (Lipinski definition) is 1. The third-order valence-corrected chi connectivity index (χ3v) is 3.19. The predicted octanol–water partition coefficient (Wildman–Crippen LogP) is 2.90. The molecular weight excluding hydrogens is 255 g/mol. The molecule has 0 amide bonds. The van der Waals surface area contributed by atoms with Crippen LogP contribution in [0.4, 0.5) is 10.1 Å². The van der Waals surface area contributed by atoms with Crippen LogP contribution in [0.3, 0.4) is 0 Å². The molecule has 0 aliphatic carbocycles. The fraction of sp³-hybridized carbons (Fsp3) is 0.625. The molecule has 0 radical (unpaired) electrons. The van der Waals surface area contributed by atoms with Gasteiger partial charge in [0.15, 0.2) is 0 Å². The molecule has 1 aromatic carbocycles. The lowest BCUT2D eigenvalue weighted by Crippen LogP contribution is -2.35. The number of hydrogen-bond acceptors (Lipinski definition) is 3. The Hall–Kier alpha value is -1.13. The Balaban J connectivity index is 3.11. The molecule has 0 fully saturated rings. The van der Waals surface area contributed by atoms with Crippen molar-refractivity contribution >= 4 is 5.69 Å². The Bertz CT molecular complexity index is 419. The third-order valence-electron chi connectivity index (χ3n) is 3.19. The zero-order valence-corrected chi connectivity index (χ0v) is 13.2. The molecule has 3 nitrogen and oxygen atoms in total. The second-order valence-corrected chi connectivity index (χ2v) is 6.00. The van der Waals surface area contributed by atoms with Crippen LogP contribution in [0.2, 0.25) is 0 Å². The first-order valence-corrected chi connectivity index (χ1v) is 7.19. The maximum absolute atomic E-state index is 14.3. The van der Waals surface area contributed by atoms with Crippen molar-refractivity contribution in [2.75, 3.05) is 38.6 Å². The summed E-state index contributed by atoms with van der Waals surface area (Å²) in [5.41, 5.74) is 1.20. The molecule has 0 bridgehead atoms. The number of aliphatic hydroxyl groups is 1. The summed E-state index contributed by atoms with van der Waals surface area (Å²) >= 11 is 0. The van der Waals surface area contributed by atoms with Crippen molar-refractivity contribution in [3.63, 3.8) is 0 Å². The summed E-state index contributed by atoms with van der Waals surface area (Å²) in [5, 5.41) is 9.89. The molecule has 0 aliphatic heterocycles. The van der Waals surface area contributed by atoms with Crippen LogP contribution in [0.25, 0.3) is 0 Å². The van der Waals surface area contributed by atoms with Gasteiger partial charge in [0, 0.05) is 25.2 Å². The van der Waals surface area contributed by atoms with E-state index in [2.05, 4.69) is 18.7 Å². The van der Waals surface area contributed by atoms with Gasteiger partial charge < -0.3 is 14.9 Å². The number of rotatable bonds is 7. The number of halogens is 1. The molecule has 1 aromatic rings. The molecule has 0 saturated heterocycles. The molecule has 1 rings (SSSR count). The second kappa shape index (κ2) is 7.60. The van der Waals surface area contributed by atoms with Crippen LogP contribution < -0.4 is 4.90 Å². The Kier molecular flexibility index (Phi) is 6.43. The molecule has 20 heavy (non-hydrogen) atoms. The van der Waals surface area contributed by atoms with Crippen molar-refractivity contribution in [2.45, 2.75) is 26.9 Å². The predicted molar refractivity (Wildman–Crippen MR) is 82.6 cm³/mol. The first-order chi connectivity index (χ1) is 9.32. The number of benzene rings is 1. The van der Waals surface area contributed by atoms with E-state index in [4.69, 9.17) is 0 Å². The minimum absolute atomic E-state index is 0.261. The van der Waals surface area contributed by atoms with Crippen molar-refractivity contribution in [1.82, 2.24) is 4.90 Å². The van der Waals surface area contributed by atoms with Crippen LogP contribution in [0, 0.1) is 11.7 Å². The first kappa shape index (κ1) is 16.9. The molecule has 0 saturated carbocycles. The molecule has 0 spiro atoms. The SMILES string of the molecule is CC(C)CN(CCN(C)C)c1c(F)cccc1[C@H](C)O. The van der Waals surface area contributed by atoms with Gasteiger partial charge in [0.1, 0.15) is 5.82 Å². The van der Waals surface area contributed by atoms with Crippen LogP contribution in [0.15, 0.2) is 18.2 Å². The van der Waals surface area contributed by atoms with E-state index in [1.165, 1.54) is 6.07 Å². The van der Waals surface area contributed by atoms with Gasteiger partial charge in [-0.3, -0.25) is 0 Å². The number of likely N-dealkylation sites (N-methyl/N-ethyl adjacent to an activating group) is 1. The zero-order chi connectivity index (χ0) is 15.3. The van der Waals surface area contributed by atoms with E-state index < -0.39 is 6.10 Å². The van der Waals surface area contributed by atoms with Crippen molar-refractivity contribution < 1.29 is 9.50 Å². The van der Waals surface area contributed by atoms with Crippen LogP contribution in [-0.2, 0) is 0 Å². The van der Waals surface area contributed by atoms with Crippen LogP contribution in [-0.4, -0.2) is 43.7 Å². The molecule has 1 N–H and O–H groups in total. The molecule has 0 aromatic heterocycles. The number of aliphatic hydroxyl groups excluding tert-OH is 1. The van der Waals surface area contributed by atoms with E-state index in [1.54, 1.807) is 19.1 Å². The molecule has 0 unspecified atom stereocenters. The summed E-state index contributed by atoms with van der Waals surface area (Å²) in [4.78, 5) is 4.12. The van der Waals surface area contributed by atoms with Crippen molar-refractivity contribution in [3.8, 4) is 0 Å². The highest BCUT2D eigenvalue weighted by Crippen LogP contribution is 2.29. The highest BCUT2D eigenvalue weighted by atomic mass is 19.1. The highest BCUT2D eigenvalue weighted by molar-refractivity contribution is 5.56. The zero-order valence-electron chi connectivity index (χ0n) is 13.2. The summed E-state index contributed by atoms with van der Waals surface area (Å²) in [6, 6.07) is 4.91. The van der Waals surface area contributed by atoms with Gasteiger partial charge in [-0.05, 0) is 33.0 Å². The second-order valence-electron chi connectivity index (χ2n) is 6.00. The average molecular weight is 282 g/mol. The maximum atomic E-state index is 14.3. The van der Waals surface area contributed by atoms with Gasteiger partial charge in [-0.25, -0.2) is 4.39 Å². The quantitative estimate of drug-likeness (QED) is 0.833. The molecule has 1 atom stereocenters. The molecule has 114 valence electrons. The van der Waals surface area contributed by atoms with Gasteiger partial charge in [-0.15, -0.1) is 0 Å². The largest absolute Gasteiger partial charge is 0.389 e. The highest BCUT2D eigenvalue weighted by Gasteiger charge is 2.19. The lowest BCUT2D eigenvalue weighted by molar-refractivity contribution is 0.199. The molecule has 0 aliphatic rings. The third kappa shape index (κ3) is 4.76. The minimum Gasteiger partial charge on any atom is -0.389 e. The smallest absolute Gasteiger partial charge is 0.146 e. The monoisotopic (exact) mass is 282 g/mol. The van der Waals surface area contributed by atoms with Crippen LogP contribution in [0.5, 0.6) is 0 Å². The first-order valence-electron chi connectivity index (χ1n) is 7.19. The summed E-state index contributed by atoms with van der Waals surface area (Å²) in [6.07, 6.45) is -0.672. The lowest BCUT2D eigenvalue weighted by atomic mass is 10.1. The summed E-state index contributed by atoms with van der Waals surface area (Å²) in [5.74, 6) is 0.168. The van der Waals surface area contributed by atoms with Gasteiger partial charge in [0.25, 0.3) is 0 Å². The van der Waals surface area contributed by atoms with E-state index in [9.17, 15) is 9.50 Å². The molecular formula is C16H27FN2O. The number of para-hydroxylation sites is 1. The Morgan fingerprint density at radius 1 is 1.15 bits per heavy atom. The Morgan fingerprint density at radius 2 is 1.80 bits per heavy atom. The van der Waals surface area contributed by atoms with E-state index in [0.29, 0.717) is 17.2 Å².